The molecule has 0 N–H and O–H groups in total. The van der Waals surface area contributed by atoms with Gasteiger partial charge in [0.2, 0.25) is 0 Å². The Morgan fingerprint density at radius 2 is 2.00 bits per heavy atom. The van der Waals surface area contributed by atoms with Crippen LogP contribution in [0.25, 0.3) is 0 Å². The van der Waals surface area contributed by atoms with E-state index >= 15 is 0 Å². The third kappa shape index (κ3) is 3.69. The molecule has 0 aliphatic heterocycles. The first-order valence-corrected chi connectivity index (χ1v) is 6.08. The van der Waals surface area contributed by atoms with Crippen LogP contribution in [0.5, 0.6) is 0 Å². The summed E-state index contributed by atoms with van der Waals surface area (Å²) in [6.07, 6.45) is 13.0. The van der Waals surface area contributed by atoms with E-state index in [1.165, 1.54) is 44.1 Å². The van der Waals surface area contributed by atoms with Crippen LogP contribution in [-0.4, -0.2) is 0 Å². The molecular formula is C14H24. The maximum absolute atomic E-state index is 2.41. The predicted octanol–water partition coefficient (Wildman–Crippen LogP) is 4.87. The van der Waals surface area contributed by atoms with Crippen LogP contribution in [-0.2, 0) is 0 Å². The second-order valence-corrected chi connectivity index (χ2v) is 4.64. The summed E-state index contributed by atoms with van der Waals surface area (Å²) < 4.78 is 0. The minimum atomic E-state index is 0.829. The van der Waals surface area contributed by atoms with Crippen molar-refractivity contribution in [1.29, 1.82) is 0 Å². The number of allylic oxidation sites excluding steroid dienone is 4. The first kappa shape index (κ1) is 11.6. The number of rotatable bonds is 5. The van der Waals surface area contributed by atoms with Gasteiger partial charge in [-0.3, -0.25) is 0 Å². The van der Waals surface area contributed by atoms with Crippen molar-refractivity contribution in [3.8, 4) is 0 Å². The highest BCUT2D eigenvalue weighted by Crippen LogP contribution is 2.26. The second-order valence-electron chi connectivity index (χ2n) is 4.64. The van der Waals surface area contributed by atoms with Crippen LogP contribution in [0.2, 0.25) is 0 Å². The molecule has 1 aliphatic rings. The SMILES string of the molecule is CCCCCCC1C=CC(C)=C(C)C1. The zero-order valence-corrected chi connectivity index (χ0v) is 9.97. The lowest BCUT2D eigenvalue weighted by Gasteiger charge is -2.18. The molecule has 0 fully saturated rings. The van der Waals surface area contributed by atoms with E-state index in [-0.39, 0.29) is 0 Å². The third-order valence-electron chi connectivity index (χ3n) is 3.29. The lowest BCUT2D eigenvalue weighted by Crippen LogP contribution is -2.02. The van der Waals surface area contributed by atoms with Gasteiger partial charge < -0.3 is 0 Å². The first-order valence-electron chi connectivity index (χ1n) is 6.08. The molecule has 1 aliphatic carbocycles. The molecule has 0 aromatic heterocycles. The average molecular weight is 192 g/mol. The summed E-state index contributed by atoms with van der Waals surface area (Å²) in [7, 11) is 0. The highest BCUT2D eigenvalue weighted by molar-refractivity contribution is 5.27. The fourth-order valence-corrected chi connectivity index (χ4v) is 2.08. The largest absolute Gasteiger partial charge is 0.0808 e. The molecule has 0 nitrogen and oxygen atoms in total. The molecule has 0 aromatic carbocycles. The van der Waals surface area contributed by atoms with Gasteiger partial charge in [0.15, 0.2) is 0 Å². The minimum Gasteiger partial charge on any atom is -0.0808 e. The van der Waals surface area contributed by atoms with Crippen molar-refractivity contribution >= 4 is 0 Å². The van der Waals surface area contributed by atoms with Crippen LogP contribution in [0.4, 0.5) is 0 Å². The van der Waals surface area contributed by atoms with Gasteiger partial charge >= 0.3 is 0 Å². The molecule has 0 saturated carbocycles. The van der Waals surface area contributed by atoms with Crippen LogP contribution in [0, 0.1) is 5.92 Å². The Balaban J connectivity index is 2.20. The summed E-state index contributed by atoms with van der Waals surface area (Å²) in [6, 6.07) is 0. The van der Waals surface area contributed by atoms with Crippen molar-refractivity contribution in [3.63, 3.8) is 0 Å². The molecule has 14 heavy (non-hydrogen) atoms. The Morgan fingerprint density at radius 3 is 2.64 bits per heavy atom. The Bertz CT molecular complexity index is 220. The second kappa shape index (κ2) is 6.06. The lowest BCUT2D eigenvalue weighted by atomic mass is 9.87. The fourth-order valence-electron chi connectivity index (χ4n) is 2.08. The van der Waals surface area contributed by atoms with Crippen LogP contribution in [0.3, 0.4) is 0 Å². The lowest BCUT2D eigenvalue weighted by molar-refractivity contribution is 0.521. The van der Waals surface area contributed by atoms with Gasteiger partial charge in [-0.25, -0.2) is 0 Å². The highest BCUT2D eigenvalue weighted by atomic mass is 14.2. The molecule has 1 atom stereocenters. The van der Waals surface area contributed by atoms with E-state index in [1.54, 1.807) is 5.57 Å². The monoisotopic (exact) mass is 192 g/mol. The molecule has 0 radical (unpaired) electrons. The van der Waals surface area contributed by atoms with Gasteiger partial charge in [-0.1, -0.05) is 55.9 Å². The van der Waals surface area contributed by atoms with Gasteiger partial charge in [-0.2, -0.15) is 0 Å². The van der Waals surface area contributed by atoms with Crippen molar-refractivity contribution in [3.05, 3.63) is 23.3 Å². The number of hydrogen-bond acceptors (Lipinski definition) is 0. The molecule has 80 valence electrons. The Labute approximate surface area is 89.1 Å². The van der Waals surface area contributed by atoms with Gasteiger partial charge in [0.25, 0.3) is 0 Å². The Hall–Kier alpha value is -0.520. The van der Waals surface area contributed by atoms with Crippen LogP contribution in [0.15, 0.2) is 23.3 Å². The smallest absolute Gasteiger partial charge is 0.0193 e. The van der Waals surface area contributed by atoms with Crippen molar-refractivity contribution in [2.24, 2.45) is 5.92 Å². The summed E-state index contributed by atoms with van der Waals surface area (Å²) in [6.45, 7) is 6.77. The molecule has 0 spiro atoms. The summed E-state index contributed by atoms with van der Waals surface area (Å²) in [4.78, 5) is 0. The standard InChI is InChI=1S/C14H24/c1-4-5-6-7-8-14-10-9-12(2)13(3)11-14/h9-10,14H,4-8,11H2,1-3H3. The van der Waals surface area contributed by atoms with Crippen molar-refractivity contribution in [1.82, 2.24) is 0 Å². The third-order valence-corrected chi connectivity index (χ3v) is 3.29. The Kier molecular flexibility index (Phi) is 5.00. The van der Waals surface area contributed by atoms with E-state index in [0.29, 0.717) is 0 Å². The van der Waals surface area contributed by atoms with Crippen molar-refractivity contribution in [2.75, 3.05) is 0 Å². The van der Waals surface area contributed by atoms with E-state index in [1.807, 2.05) is 0 Å². The number of unbranched alkanes of at least 4 members (excludes halogenated alkanes) is 3. The zero-order valence-electron chi connectivity index (χ0n) is 9.97. The Morgan fingerprint density at radius 1 is 1.21 bits per heavy atom. The van der Waals surface area contributed by atoms with Gasteiger partial charge in [-0.05, 0) is 32.6 Å². The molecule has 0 heterocycles. The molecule has 1 unspecified atom stereocenters. The molecule has 0 bridgehead atoms. The summed E-state index contributed by atoms with van der Waals surface area (Å²) in [5, 5.41) is 0. The van der Waals surface area contributed by atoms with E-state index in [9.17, 15) is 0 Å². The minimum absolute atomic E-state index is 0.829. The quantitative estimate of drug-likeness (QED) is 0.545. The molecule has 0 amide bonds. The van der Waals surface area contributed by atoms with Crippen LogP contribution in [0.1, 0.15) is 59.3 Å². The molecule has 0 aromatic rings. The summed E-state index contributed by atoms with van der Waals surface area (Å²) >= 11 is 0. The summed E-state index contributed by atoms with van der Waals surface area (Å²) in [5.74, 6) is 0.829. The van der Waals surface area contributed by atoms with E-state index in [2.05, 4.69) is 32.9 Å². The van der Waals surface area contributed by atoms with E-state index < -0.39 is 0 Å². The van der Waals surface area contributed by atoms with Crippen LogP contribution < -0.4 is 0 Å². The van der Waals surface area contributed by atoms with Gasteiger partial charge in [0, 0.05) is 0 Å². The van der Waals surface area contributed by atoms with Gasteiger partial charge in [-0.15, -0.1) is 0 Å². The molecular weight excluding hydrogens is 168 g/mol. The fraction of sp³-hybridized carbons (Fsp3) is 0.714. The van der Waals surface area contributed by atoms with Crippen molar-refractivity contribution < 1.29 is 0 Å². The van der Waals surface area contributed by atoms with Gasteiger partial charge in [0.05, 0.1) is 0 Å². The maximum Gasteiger partial charge on any atom is -0.0193 e. The van der Waals surface area contributed by atoms with Gasteiger partial charge in [0.1, 0.15) is 0 Å². The maximum atomic E-state index is 2.41. The van der Waals surface area contributed by atoms with E-state index in [4.69, 9.17) is 0 Å². The average Bonchev–Trinajstić information content (AvgIpc) is 2.18. The molecule has 0 saturated heterocycles. The predicted molar refractivity (Wildman–Crippen MR) is 64.4 cm³/mol. The summed E-state index contributed by atoms with van der Waals surface area (Å²) in [5.41, 5.74) is 3.07. The van der Waals surface area contributed by atoms with Crippen LogP contribution >= 0.6 is 0 Å². The van der Waals surface area contributed by atoms with E-state index in [0.717, 1.165) is 5.92 Å². The zero-order chi connectivity index (χ0) is 10.4. The first-order chi connectivity index (χ1) is 6.74. The topological polar surface area (TPSA) is 0 Å². The normalized spacial score (nSPS) is 21.8. The molecule has 1 rings (SSSR count). The number of hydrogen-bond donors (Lipinski definition) is 0. The highest BCUT2D eigenvalue weighted by Gasteiger charge is 2.10. The van der Waals surface area contributed by atoms with Crippen molar-refractivity contribution in [2.45, 2.75) is 59.3 Å². The molecule has 0 heteroatoms.